The Hall–Kier alpha value is -2.43. The lowest BCUT2D eigenvalue weighted by atomic mass is 10.1. The summed E-state index contributed by atoms with van der Waals surface area (Å²) in [6.07, 6.45) is 1.21. The van der Waals surface area contributed by atoms with Gasteiger partial charge in [0.15, 0.2) is 0 Å². The molecule has 4 nitrogen and oxygen atoms in total. The molecule has 0 saturated carbocycles. The highest BCUT2D eigenvalue weighted by Gasteiger charge is 2.23. The topological polar surface area (TPSA) is 33.1 Å². The first kappa shape index (κ1) is 19.9. The van der Waals surface area contributed by atoms with E-state index in [1.165, 1.54) is 34.4 Å². The number of nitrogens with one attached hydrogen (secondary N) is 1. The molecule has 2 heterocycles. The number of likely N-dealkylation sites (tertiary alicyclic amines) is 1. The minimum atomic E-state index is 0.554. The highest BCUT2D eigenvalue weighted by molar-refractivity contribution is 5.27. The first-order chi connectivity index (χ1) is 14.1. The normalized spacial score (nSPS) is 17.1. The van der Waals surface area contributed by atoms with Crippen LogP contribution in [0.1, 0.15) is 40.1 Å². The van der Waals surface area contributed by atoms with Crippen LogP contribution in [0.5, 0.6) is 0 Å². The van der Waals surface area contributed by atoms with Crippen molar-refractivity contribution in [2.45, 2.75) is 52.9 Å². The quantitative estimate of drug-likeness (QED) is 0.658. The van der Waals surface area contributed by atoms with Gasteiger partial charge in [-0.05, 0) is 38.3 Å². The van der Waals surface area contributed by atoms with Gasteiger partial charge in [0.25, 0.3) is 0 Å². The van der Waals surface area contributed by atoms with E-state index in [4.69, 9.17) is 5.10 Å². The van der Waals surface area contributed by atoms with Crippen molar-refractivity contribution in [3.63, 3.8) is 0 Å². The molecule has 0 aliphatic carbocycles. The van der Waals surface area contributed by atoms with E-state index in [0.29, 0.717) is 6.04 Å². The van der Waals surface area contributed by atoms with Gasteiger partial charge in [-0.25, -0.2) is 0 Å². The van der Waals surface area contributed by atoms with Gasteiger partial charge in [-0.15, -0.1) is 0 Å². The molecule has 1 unspecified atom stereocenters. The number of benzene rings is 2. The van der Waals surface area contributed by atoms with E-state index in [1.54, 1.807) is 0 Å². The molecular formula is C25H32N4. The lowest BCUT2D eigenvalue weighted by Crippen LogP contribution is -2.32. The van der Waals surface area contributed by atoms with Crippen molar-refractivity contribution in [2.75, 3.05) is 13.1 Å². The molecule has 3 aromatic rings. The maximum absolute atomic E-state index is 4.81. The summed E-state index contributed by atoms with van der Waals surface area (Å²) >= 11 is 0. The predicted molar refractivity (Wildman–Crippen MR) is 119 cm³/mol. The summed E-state index contributed by atoms with van der Waals surface area (Å²) in [5, 5.41) is 8.60. The predicted octanol–water partition coefficient (Wildman–Crippen LogP) is 4.22. The van der Waals surface area contributed by atoms with Crippen molar-refractivity contribution in [3.8, 4) is 0 Å². The molecule has 152 valence electrons. The number of hydrogen-bond donors (Lipinski definition) is 1. The van der Waals surface area contributed by atoms with Crippen LogP contribution in [0.2, 0.25) is 0 Å². The smallest absolute Gasteiger partial charge is 0.0662 e. The maximum Gasteiger partial charge on any atom is 0.0662 e. The van der Waals surface area contributed by atoms with Gasteiger partial charge in [-0.2, -0.15) is 5.10 Å². The summed E-state index contributed by atoms with van der Waals surface area (Å²) in [5.41, 5.74) is 7.75. The molecule has 1 aliphatic heterocycles. The molecule has 1 N–H and O–H groups in total. The van der Waals surface area contributed by atoms with Gasteiger partial charge in [0.2, 0.25) is 0 Å². The van der Waals surface area contributed by atoms with Gasteiger partial charge in [-0.3, -0.25) is 9.58 Å². The van der Waals surface area contributed by atoms with Crippen LogP contribution in [-0.2, 0) is 19.6 Å². The van der Waals surface area contributed by atoms with Crippen LogP contribution < -0.4 is 5.32 Å². The Bertz CT molecular complexity index is 927. The van der Waals surface area contributed by atoms with Crippen LogP contribution in [0.15, 0.2) is 54.6 Å². The summed E-state index contributed by atoms with van der Waals surface area (Å²) < 4.78 is 2.15. The fourth-order valence-electron chi connectivity index (χ4n) is 4.24. The third-order valence-corrected chi connectivity index (χ3v) is 6.07. The fraction of sp³-hybridized carbons (Fsp3) is 0.400. The molecule has 0 bridgehead atoms. The van der Waals surface area contributed by atoms with Gasteiger partial charge in [0, 0.05) is 43.5 Å². The molecule has 0 radical (unpaired) electrons. The van der Waals surface area contributed by atoms with E-state index in [2.05, 4.69) is 90.3 Å². The third-order valence-electron chi connectivity index (χ3n) is 6.07. The largest absolute Gasteiger partial charge is 0.308 e. The van der Waals surface area contributed by atoms with E-state index < -0.39 is 0 Å². The Labute approximate surface area is 174 Å². The Morgan fingerprint density at radius 3 is 2.41 bits per heavy atom. The molecule has 1 fully saturated rings. The Balaban J connectivity index is 1.33. The van der Waals surface area contributed by atoms with Gasteiger partial charge in [-0.1, -0.05) is 60.2 Å². The van der Waals surface area contributed by atoms with Crippen molar-refractivity contribution >= 4 is 0 Å². The van der Waals surface area contributed by atoms with Crippen LogP contribution >= 0.6 is 0 Å². The van der Waals surface area contributed by atoms with Crippen molar-refractivity contribution in [1.82, 2.24) is 20.0 Å². The van der Waals surface area contributed by atoms with E-state index in [9.17, 15) is 0 Å². The summed E-state index contributed by atoms with van der Waals surface area (Å²) in [7, 11) is 0. The van der Waals surface area contributed by atoms with Crippen LogP contribution in [0.25, 0.3) is 0 Å². The molecule has 4 rings (SSSR count). The zero-order valence-corrected chi connectivity index (χ0v) is 17.9. The number of aromatic nitrogens is 2. The Kier molecular flexibility index (Phi) is 6.12. The van der Waals surface area contributed by atoms with Crippen LogP contribution in [-0.4, -0.2) is 33.8 Å². The van der Waals surface area contributed by atoms with E-state index in [1.807, 2.05) is 0 Å². The van der Waals surface area contributed by atoms with Crippen LogP contribution in [0.3, 0.4) is 0 Å². The Morgan fingerprint density at radius 2 is 1.66 bits per heavy atom. The molecule has 1 aliphatic rings. The standard InChI is InChI=1S/C25H32N4/c1-19-9-11-23(12-10-19)17-29-21(3)25(20(2)27-29)15-26-24-13-14-28(18-24)16-22-7-5-4-6-8-22/h4-12,24,26H,13-18H2,1-3H3. The molecular weight excluding hydrogens is 356 g/mol. The first-order valence-corrected chi connectivity index (χ1v) is 10.7. The number of rotatable bonds is 7. The number of hydrogen-bond acceptors (Lipinski definition) is 3. The SMILES string of the molecule is Cc1ccc(Cn2nc(C)c(CNC3CCN(Cc4ccccc4)C3)c2C)cc1. The van der Waals surface area contributed by atoms with E-state index >= 15 is 0 Å². The Morgan fingerprint density at radius 1 is 0.931 bits per heavy atom. The van der Waals surface area contributed by atoms with Crippen molar-refractivity contribution in [2.24, 2.45) is 0 Å². The van der Waals surface area contributed by atoms with Crippen molar-refractivity contribution in [3.05, 3.63) is 88.2 Å². The fourth-order valence-corrected chi connectivity index (χ4v) is 4.24. The molecule has 0 amide bonds. The van der Waals surface area contributed by atoms with Gasteiger partial charge in [0.05, 0.1) is 12.2 Å². The third kappa shape index (κ3) is 4.95. The molecule has 2 aromatic carbocycles. The van der Waals surface area contributed by atoms with Gasteiger partial charge < -0.3 is 5.32 Å². The molecule has 1 aromatic heterocycles. The van der Waals surface area contributed by atoms with Gasteiger partial charge >= 0.3 is 0 Å². The summed E-state index contributed by atoms with van der Waals surface area (Å²) in [6, 6.07) is 20.1. The highest BCUT2D eigenvalue weighted by Crippen LogP contribution is 2.18. The van der Waals surface area contributed by atoms with Crippen molar-refractivity contribution in [1.29, 1.82) is 0 Å². The van der Waals surface area contributed by atoms with Gasteiger partial charge in [0.1, 0.15) is 0 Å². The second kappa shape index (κ2) is 8.93. The number of aryl methyl sites for hydroxylation is 2. The monoisotopic (exact) mass is 388 g/mol. The molecule has 1 atom stereocenters. The second-order valence-corrected chi connectivity index (χ2v) is 8.38. The zero-order valence-electron chi connectivity index (χ0n) is 17.9. The zero-order chi connectivity index (χ0) is 20.2. The lowest BCUT2D eigenvalue weighted by Gasteiger charge is -2.17. The average molecular weight is 389 g/mol. The van der Waals surface area contributed by atoms with Crippen molar-refractivity contribution < 1.29 is 0 Å². The minimum absolute atomic E-state index is 0.554. The lowest BCUT2D eigenvalue weighted by molar-refractivity contribution is 0.320. The molecule has 1 saturated heterocycles. The maximum atomic E-state index is 4.81. The van der Waals surface area contributed by atoms with Crippen LogP contribution in [0.4, 0.5) is 0 Å². The van der Waals surface area contributed by atoms with Crippen LogP contribution in [0, 0.1) is 20.8 Å². The van der Waals surface area contributed by atoms with E-state index in [-0.39, 0.29) is 0 Å². The molecule has 29 heavy (non-hydrogen) atoms. The average Bonchev–Trinajstić information content (AvgIpc) is 3.27. The summed E-state index contributed by atoms with van der Waals surface area (Å²) in [4.78, 5) is 2.55. The molecule has 4 heteroatoms. The molecule has 0 spiro atoms. The summed E-state index contributed by atoms with van der Waals surface area (Å²) in [5.74, 6) is 0. The highest BCUT2D eigenvalue weighted by atomic mass is 15.3. The number of nitrogens with zero attached hydrogens (tertiary/aromatic N) is 3. The van der Waals surface area contributed by atoms with E-state index in [0.717, 1.165) is 38.4 Å². The second-order valence-electron chi connectivity index (χ2n) is 8.38. The first-order valence-electron chi connectivity index (χ1n) is 10.7. The summed E-state index contributed by atoms with van der Waals surface area (Å²) in [6.45, 7) is 11.5. The minimum Gasteiger partial charge on any atom is -0.308 e.